The molecule has 66 valence electrons. The minimum Gasteiger partial charge on any atom is -0.330 e. The lowest BCUT2D eigenvalue weighted by molar-refractivity contribution is 0.683. The Hall–Kier alpha value is -0.380. The lowest BCUT2D eigenvalue weighted by atomic mass is 10.4. The number of hydrogen-bond acceptors (Lipinski definition) is 2. The van der Waals surface area contributed by atoms with Crippen LogP contribution in [0.2, 0.25) is 5.02 Å². The van der Waals surface area contributed by atoms with Gasteiger partial charge >= 0.3 is 0 Å². The van der Waals surface area contributed by atoms with Gasteiger partial charge in [0.05, 0.1) is 20.7 Å². The molecule has 1 rings (SSSR count). The maximum atomic E-state index is 11.4. The van der Waals surface area contributed by atoms with Gasteiger partial charge in [0, 0.05) is 12.3 Å². The summed E-state index contributed by atoms with van der Waals surface area (Å²) in [5.41, 5.74) is 5.28. The zero-order valence-electron chi connectivity index (χ0n) is 6.50. The summed E-state index contributed by atoms with van der Waals surface area (Å²) in [5.74, 6) is 0.462. The summed E-state index contributed by atoms with van der Waals surface area (Å²) in [4.78, 5) is 0.671. The molecule has 0 radical (unpaired) electrons. The quantitative estimate of drug-likeness (QED) is 0.807. The molecule has 1 unspecified atom stereocenters. The Morgan fingerprint density at radius 1 is 1.42 bits per heavy atom. The Labute approximate surface area is 79.2 Å². The fourth-order valence-electron chi connectivity index (χ4n) is 0.846. The van der Waals surface area contributed by atoms with Gasteiger partial charge in [0.15, 0.2) is 0 Å². The number of benzene rings is 1. The topological polar surface area (TPSA) is 43.1 Å². The summed E-state index contributed by atoms with van der Waals surface area (Å²) in [6.45, 7) is 0.415. The standard InChI is InChI=1S/C8H10ClNOS/c9-7-3-1-2-4-8(7)12(11)6-5-10/h1-4H,5-6,10H2. The van der Waals surface area contributed by atoms with Crippen LogP contribution < -0.4 is 5.73 Å². The van der Waals surface area contributed by atoms with E-state index in [-0.39, 0.29) is 0 Å². The Morgan fingerprint density at radius 2 is 2.08 bits per heavy atom. The largest absolute Gasteiger partial charge is 0.330 e. The predicted octanol–water partition coefficient (Wildman–Crippen LogP) is 1.41. The molecule has 4 heteroatoms. The van der Waals surface area contributed by atoms with Gasteiger partial charge in [-0.1, -0.05) is 23.7 Å². The van der Waals surface area contributed by atoms with Gasteiger partial charge < -0.3 is 5.73 Å². The molecule has 12 heavy (non-hydrogen) atoms. The van der Waals surface area contributed by atoms with Crippen LogP contribution in [-0.2, 0) is 10.8 Å². The van der Waals surface area contributed by atoms with E-state index in [0.717, 1.165) is 0 Å². The van der Waals surface area contributed by atoms with Crippen molar-refractivity contribution in [1.29, 1.82) is 0 Å². The van der Waals surface area contributed by atoms with Crippen LogP contribution in [0.25, 0.3) is 0 Å². The lowest BCUT2D eigenvalue weighted by Gasteiger charge is -2.01. The van der Waals surface area contributed by atoms with Crippen molar-refractivity contribution in [3.8, 4) is 0 Å². The molecule has 0 spiro atoms. The highest BCUT2D eigenvalue weighted by molar-refractivity contribution is 7.85. The summed E-state index contributed by atoms with van der Waals surface area (Å²) in [7, 11) is -1.05. The van der Waals surface area contributed by atoms with Crippen molar-refractivity contribution >= 4 is 22.4 Å². The first kappa shape index (κ1) is 9.71. The second-order valence-electron chi connectivity index (χ2n) is 2.27. The molecule has 0 heterocycles. The summed E-state index contributed by atoms with van der Waals surface area (Å²) >= 11 is 5.82. The van der Waals surface area contributed by atoms with Crippen LogP contribution in [0.4, 0.5) is 0 Å². The van der Waals surface area contributed by atoms with Crippen LogP contribution >= 0.6 is 11.6 Å². The molecule has 0 aliphatic heterocycles. The third-order valence-electron chi connectivity index (χ3n) is 1.39. The number of hydrogen-bond donors (Lipinski definition) is 1. The molecule has 0 aliphatic rings. The fourth-order valence-corrected chi connectivity index (χ4v) is 2.19. The van der Waals surface area contributed by atoms with Gasteiger partial charge in [0.25, 0.3) is 0 Å². The van der Waals surface area contributed by atoms with Crippen molar-refractivity contribution in [1.82, 2.24) is 0 Å². The van der Waals surface area contributed by atoms with E-state index in [1.807, 2.05) is 12.1 Å². The van der Waals surface area contributed by atoms with Gasteiger partial charge in [-0.05, 0) is 12.1 Å². The van der Waals surface area contributed by atoms with Gasteiger partial charge in [-0.15, -0.1) is 0 Å². The summed E-state index contributed by atoms with van der Waals surface area (Å²) < 4.78 is 11.4. The van der Waals surface area contributed by atoms with E-state index >= 15 is 0 Å². The van der Waals surface area contributed by atoms with E-state index in [9.17, 15) is 4.21 Å². The van der Waals surface area contributed by atoms with E-state index in [0.29, 0.717) is 22.2 Å². The van der Waals surface area contributed by atoms with Gasteiger partial charge in [-0.25, -0.2) is 0 Å². The number of nitrogens with two attached hydrogens (primary N) is 1. The van der Waals surface area contributed by atoms with Crippen LogP contribution in [0.1, 0.15) is 0 Å². The molecule has 2 nitrogen and oxygen atoms in total. The first-order valence-electron chi connectivity index (χ1n) is 3.58. The molecular weight excluding hydrogens is 194 g/mol. The first-order chi connectivity index (χ1) is 5.75. The fraction of sp³-hybridized carbons (Fsp3) is 0.250. The molecule has 2 N–H and O–H groups in total. The second kappa shape index (κ2) is 4.60. The molecule has 0 bridgehead atoms. The molecule has 1 aromatic carbocycles. The van der Waals surface area contributed by atoms with Gasteiger partial charge in [-0.2, -0.15) is 0 Å². The average Bonchev–Trinajstić information content (AvgIpc) is 2.05. The normalized spacial score (nSPS) is 12.8. The van der Waals surface area contributed by atoms with Crippen LogP contribution in [0, 0.1) is 0 Å². The maximum absolute atomic E-state index is 11.4. The molecule has 1 atom stereocenters. The zero-order chi connectivity index (χ0) is 8.97. The van der Waals surface area contributed by atoms with Crippen LogP contribution in [0.5, 0.6) is 0 Å². The third kappa shape index (κ3) is 2.30. The SMILES string of the molecule is NCCS(=O)c1ccccc1Cl. The van der Waals surface area contributed by atoms with E-state index in [2.05, 4.69) is 0 Å². The van der Waals surface area contributed by atoms with E-state index < -0.39 is 10.8 Å². The minimum absolute atomic E-state index is 0.415. The molecule has 0 amide bonds. The van der Waals surface area contributed by atoms with Crippen molar-refractivity contribution < 1.29 is 4.21 Å². The molecule has 0 saturated carbocycles. The molecular formula is C8H10ClNOS. The van der Waals surface area contributed by atoms with Crippen molar-refractivity contribution in [2.75, 3.05) is 12.3 Å². The van der Waals surface area contributed by atoms with Gasteiger partial charge in [0.2, 0.25) is 0 Å². The van der Waals surface area contributed by atoms with Crippen molar-refractivity contribution in [2.45, 2.75) is 4.90 Å². The predicted molar refractivity (Wildman–Crippen MR) is 51.8 cm³/mol. The number of halogens is 1. The molecule has 0 aliphatic carbocycles. The van der Waals surface area contributed by atoms with Crippen LogP contribution in [0.15, 0.2) is 29.2 Å². The highest BCUT2D eigenvalue weighted by Crippen LogP contribution is 2.18. The minimum atomic E-state index is -1.05. The highest BCUT2D eigenvalue weighted by Gasteiger charge is 2.05. The molecule has 0 fully saturated rings. The molecule has 0 saturated heterocycles. The van der Waals surface area contributed by atoms with Crippen LogP contribution in [0.3, 0.4) is 0 Å². The smallest absolute Gasteiger partial charge is 0.0574 e. The average molecular weight is 204 g/mol. The monoisotopic (exact) mass is 203 g/mol. The highest BCUT2D eigenvalue weighted by atomic mass is 35.5. The Bertz CT molecular complexity index is 290. The number of rotatable bonds is 3. The Balaban J connectivity index is 2.87. The summed E-state index contributed by atoms with van der Waals surface area (Å²) in [5, 5.41) is 0.546. The third-order valence-corrected chi connectivity index (χ3v) is 3.28. The zero-order valence-corrected chi connectivity index (χ0v) is 8.07. The van der Waals surface area contributed by atoms with E-state index in [1.165, 1.54) is 0 Å². The summed E-state index contributed by atoms with van der Waals surface area (Å²) in [6.07, 6.45) is 0. The van der Waals surface area contributed by atoms with Gasteiger partial charge in [-0.3, -0.25) is 4.21 Å². The molecule has 0 aromatic heterocycles. The van der Waals surface area contributed by atoms with Crippen molar-refractivity contribution in [3.63, 3.8) is 0 Å². The molecule has 1 aromatic rings. The summed E-state index contributed by atoms with van der Waals surface area (Å²) in [6, 6.07) is 7.11. The second-order valence-corrected chi connectivity index (χ2v) is 4.22. The van der Waals surface area contributed by atoms with Crippen molar-refractivity contribution in [3.05, 3.63) is 29.3 Å². The lowest BCUT2D eigenvalue weighted by Crippen LogP contribution is -2.10. The first-order valence-corrected chi connectivity index (χ1v) is 5.28. The van der Waals surface area contributed by atoms with Gasteiger partial charge in [0.1, 0.15) is 0 Å². The van der Waals surface area contributed by atoms with E-state index in [4.69, 9.17) is 17.3 Å². The van der Waals surface area contributed by atoms with Crippen molar-refractivity contribution in [2.24, 2.45) is 5.73 Å². The van der Waals surface area contributed by atoms with Crippen LogP contribution in [-0.4, -0.2) is 16.5 Å². The van der Waals surface area contributed by atoms with E-state index in [1.54, 1.807) is 12.1 Å². The maximum Gasteiger partial charge on any atom is 0.0574 e. The Kier molecular flexibility index (Phi) is 3.72. The Morgan fingerprint density at radius 3 is 2.67 bits per heavy atom.